The van der Waals surface area contributed by atoms with E-state index in [9.17, 15) is 27.6 Å². The van der Waals surface area contributed by atoms with Gasteiger partial charge in [-0.05, 0) is 65.8 Å². The van der Waals surface area contributed by atoms with Gasteiger partial charge in [0.1, 0.15) is 29.3 Å². The van der Waals surface area contributed by atoms with E-state index in [0.29, 0.717) is 10.6 Å². The topological polar surface area (TPSA) is 103 Å². The van der Waals surface area contributed by atoms with Crippen LogP contribution in [0.5, 0.6) is 5.75 Å². The number of methoxy groups -OCH3 is 1. The molecule has 1 N–H and O–H groups in total. The lowest BCUT2D eigenvalue weighted by atomic mass is 10.1. The minimum Gasteiger partial charge on any atom is -0.497 e. The van der Waals surface area contributed by atoms with E-state index in [1.165, 1.54) is 31.4 Å². The van der Waals surface area contributed by atoms with Crippen LogP contribution in [-0.2, 0) is 19.0 Å². The Balaban J connectivity index is 2.43. The van der Waals surface area contributed by atoms with Crippen LogP contribution in [0.2, 0.25) is 0 Å². The Morgan fingerprint density at radius 3 is 2.03 bits per heavy atom. The number of anilines is 1. The molecule has 1 aliphatic heterocycles. The molecule has 0 spiro atoms. The summed E-state index contributed by atoms with van der Waals surface area (Å²) in [5, 5.41) is 2.23. The molecule has 36 heavy (non-hydrogen) atoms. The number of alkyl halides is 3. The van der Waals surface area contributed by atoms with E-state index in [4.69, 9.17) is 18.9 Å². The number of carbonyl (C=O) groups excluding carboxylic acids is 3. The molecule has 1 fully saturated rings. The van der Waals surface area contributed by atoms with Crippen molar-refractivity contribution in [2.45, 2.75) is 71.4 Å². The predicted octanol–water partition coefficient (Wildman–Crippen LogP) is 5.41. The summed E-state index contributed by atoms with van der Waals surface area (Å²) < 4.78 is 62.5. The van der Waals surface area contributed by atoms with Gasteiger partial charge in [-0.2, -0.15) is 13.2 Å². The molecule has 1 aliphatic rings. The van der Waals surface area contributed by atoms with Gasteiger partial charge in [-0.25, -0.2) is 14.5 Å². The molecule has 1 heterocycles. The van der Waals surface area contributed by atoms with Crippen molar-refractivity contribution >= 4 is 23.8 Å². The second-order valence-electron chi connectivity index (χ2n) is 9.99. The van der Waals surface area contributed by atoms with Crippen molar-refractivity contribution < 1.29 is 46.5 Å². The number of amides is 2. The molecule has 2 rings (SSSR count). The van der Waals surface area contributed by atoms with Crippen molar-refractivity contribution in [3.05, 3.63) is 35.5 Å². The van der Waals surface area contributed by atoms with Crippen molar-refractivity contribution in [3.63, 3.8) is 0 Å². The number of carbonyl (C=O) groups is 3. The minimum atomic E-state index is -4.97. The molecule has 0 saturated carbocycles. The molecular formula is C24H31F3N2O7. The summed E-state index contributed by atoms with van der Waals surface area (Å²) in [6, 6.07) is 4.34. The van der Waals surface area contributed by atoms with Crippen LogP contribution >= 0.6 is 0 Å². The largest absolute Gasteiger partial charge is 0.508 e. The Morgan fingerprint density at radius 2 is 1.56 bits per heavy atom. The van der Waals surface area contributed by atoms with Crippen LogP contribution in [0.1, 0.15) is 48.0 Å². The maximum Gasteiger partial charge on any atom is 0.508 e. The van der Waals surface area contributed by atoms with E-state index >= 15 is 0 Å². The van der Waals surface area contributed by atoms with Gasteiger partial charge in [0.25, 0.3) is 5.91 Å². The van der Waals surface area contributed by atoms with E-state index < -0.39 is 65.9 Å². The molecule has 0 bridgehead atoms. The average Bonchev–Trinajstić information content (AvgIpc) is 3.03. The molecule has 9 nitrogen and oxygen atoms in total. The van der Waals surface area contributed by atoms with Gasteiger partial charge in [-0.3, -0.25) is 4.79 Å². The first kappa shape index (κ1) is 28.8. The highest BCUT2D eigenvalue weighted by atomic mass is 19.4. The minimum absolute atomic E-state index is 0.0423. The van der Waals surface area contributed by atoms with Crippen LogP contribution < -0.4 is 10.1 Å². The number of nitrogens with zero attached hydrogens (tertiary/aromatic N) is 1. The number of likely N-dealkylation sites (tertiary alicyclic amines) is 1. The molecule has 1 saturated heterocycles. The summed E-state index contributed by atoms with van der Waals surface area (Å²) in [5.41, 5.74) is -3.92. The summed E-state index contributed by atoms with van der Waals surface area (Å²) in [7, 11) is 1.41. The molecule has 200 valence electrons. The fraction of sp³-hybridized carbons (Fsp3) is 0.542. The zero-order valence-electron chi connectivity index (χ0n) is 21.2. The molecule has 12 heteroatoms. The Labute approximate surface area is 207 Å². The number of allylic oxidation sites excluding steroid dienone is 1. The lowest BCUT2D eigenvalue weighted by Crippen LogP contribution is -2.44. The van der Waals surface area contributed by atoms with E-state index in [-0.39, 0.29) is 5.69 Å². The first-order chi connectivity index (χ1) is 16.4. The lowest BCUT2D eigenvalue weighted by molar-refractivity contribution is -0.127. The Kier molecular flexibility index (Phi) is 8.53. The summed E-state index contributed by atoms with van der Waals surface area (Å²) in [4.78, 5) is 38.4. The summed E-state index contributed by atoms with van der Waals surface area (Å²) in [5.74, 6) is -0.787. The summed E-state index contributed by atoms with van der Waals surface area (Å²) in [6.45, 7) is 8.84. The van der Waals surface area contributed by atoms with E-state index in [2.05, 4.69) is 5.32 Å². The average molecular weight is 517 g/mol. The molecule has 0 aliphatic carbocycles. The second-order valence-corrected chi connectivity index (χ2v) is 9.99. The zero-order valence-corrected chi connectivity index (χ0v) is 21.2. The molecule has 1 aromatic carbocycles. The maximum atomic E-state index is 14.1. The van der Waals surface area contributed by atoms with Crippen molar-refractivity contribution in [3.8, 4) is 5.75 Å². The van der Waals surface area contributed by atoms with Crippen LogP contribution in [0.25, 0.3) is 0 Å². The van der Waals surface area contributed by atoms with E-state index in [0.717, 1.165) is 0 Å². The van der Waals surface area contributed by atoms with Crippen molar-refractivity contribution in [1.29, 1.82) is 0 Å². The van der Waals surface area contributed by atoms with Crippen molar-refractivity contribution in [1.82, 2.24) is 4.90 Å². The molecule has 0 unspecified atom stereocenters. The molecule has 0 aromatic heterocycles. The third-order valence-electron chi connectivity index (χ3n) is 4.60. The van der Waals surface area contributed by atoms with Gasteiger partial charge in [-0.1, -0.05) is 0 Å². The number of ether oxygens (including phenoxy) is 4. The van der Waals surface area contributed by atoms with Gasteiger partial charge in [-0.15, -0.1) is 0 Å². The highest BCUT2D eigenvalue weighted by molar-refractivity contribution is 6.06. The summed E-state index contributed by atoms with van der Waals surface area (Å²) >= 11 is 0. The Bertz CT molecular complexity index is 1010. The molecule has 1 aromatic rings. The normalized spacial score (nSPS) is 18.0. The third-order valence-corrected chi connectivity index (χ3v) is 4.60. The highest BCUT2D eigenvalue weighted by Crippen LogP contribution is 2.37. The van der Waals surface area contributed by atoms with Crippen molar-refractivity contribution in [2.75, 3.05) is 19.0 Å². The van der Waals surface area contributed by atoms with E-state index in [1.54, 1.807) is 41.5 Å². The third kappa shape index (κ3) is 8.06. The van der Waals surface area contributed by atoms with Crippen LogP contribution in [0, 0.1) is 0 Å². The molecule has 1 atom stereocenters. The number of hydrogen-bond acceptors (Lipinski definition) is 8. The van der Waals surface area contributed by atoms with Crippen LogP contribution in [-0.4, -0.2) is 60.2 Å². The van der Waals surface area contributed by atoms with Crippen molar-refractivity contribution in [2.24, 2.45) is 0 Å². The number of imide groups is 1. The molecular weight excluding hydrogens is 485 g/mol. The first-order valence-electron chi connectivity index (χ1n) is 11.0. The SMILES string of the molecule is COc1ccc(N/C(=C2/C[C@@H](COC(=O)OC(C)(C)C)N(C(=O)OC(C)(C)C)C2=O)C(F)(F)F)cc1. The monoisotopic (exact) mass is 516 g/mol. The standard InChI is InChI=1S/C24H31F3N2O7/c1-22(2,3)35-20(31)29-15(13-34-21(32)36-23(4,5)6)12-17(19(29)30)18(24(25,26)27)28-14-8-10-16(33-7)11-9-14/h8-11,15,28H,12-13H2,1-7H3/b18-17-/t15-/m0/s1. The lowest BCUT2D eigenvalue weighted by Gasteiger charge is -2.27. The van der Waals surface area contributed by atoms with Gasteiger partial charge in [0.05, 0.1) is 13.2 Å². The van der Waals surface area contributed by atoms with Gasteiger partial charge in [0, 0.05) is 17.7 Å². The van der Waals surface area contributed by atoms with Crippen LogP contribution in [0.3, 0.4) is 0 Å². The second kappa shape index (κ2) is 10.7. The zero-order chi connectivity index (χ0) is 27.5. The Morgan fingerprint density at radius 1 is 1.00 bits per heavy atom. The number of benzene rings is 1. The Hall–Kier alpha value is -3.44. The number of rotatable bonds is 5. The first-order valence-corrected chi connectivity index (χ1v) is 11.0. The maximum absolute atomic E-state index is 14.1. The predicted molar refractivity (Wildman–Crippen MR) is 123 cm³/mol. The number of hydrogen-bond donors (Lipinski definition) is 1. The van der Waals surface area contributed by atoms with Gasteiger partial charge < -0.3 is 24.3 Å². The molecule has 2 amide bonds. The highest BCUT2D eigenvalue weighted by Gasteiger charge is 2.48. The summed E-state index contributed by atoms with van der Waals surface area (Å²) in [6.07, 6.45) is -7.76. The van der Waals surface area contributed by atoms with Crippen LogP contribution in [0.15, 0.2) is 35.5 Å². The molecule has 0 radical (unpaired) electrons. The fourth-order valence-corrected chi connectivity index (χ4v) is 3.19. The number of nitrogens with one attached hydrogen (secondary N) is 1. The van der Waals surface area contributed by atoms with Gasteiger partial charge in [0.15, 0.2) is 0 Å². The van der Waals surface area contributed by atoms with Gasteiger partial charge >= 0.3 is 18.4 Å². The quantitative estimate of drug-likeness (QED) is 0.409. The number of halogens is 3. The van der Waals surface area contributed by atoms with E-state index in [1.807, 2.05) is 0 Å². The smallest absolute Gasteiger partial charge is 0.497 e. The fourth-order valence-electron chi connectivity index (χ4n) is 3.19. The van der Waals surface area contributed by atoms with Crippen LogP contribution in [0.4, 0.5) is 28.4 Å². The van der Waals surface area contributed by atoms with Gasteiger partial charge in [0.2, 0.25) is 0 Å².